The summed E-state index contributed by atoms with van der Waals surface area (Å²) in [7, 11) is 0. The number of aromatic amines is 1. The van der Waals surface area contributed by atoms with Gasteiger partial charge in [-0.05, 0) is 43.0 Å². The number of H-pyrrole nitrogens is 1. The molecule has 0 saturated carbocycles. The van der Waals surface area contributed by atoms with Crippen molar-refractivity contribution in [1.29, 1.82) is 0 Å². The molecule has 3 rings (SSSR count). The maximum absolute atomic E-state index is 12.9. The Morgan fingerprint density at radius 2 is 2.14 bits per heavy atom. The summed E-state index contributed by atoms with van der Waals surface area (Å²) in [5, 5.41) is 7.00. The summed E-state index contributed by atoms with van der Waals surface area (Å²) >= 11 is 0. The van der Waals surface area contributed by atoms with E-state index in [1.54, 1.807) is 18.3 Å². The number of aryl methyl sites for hydroxylation is 1. The van der Waals surface area contributed by atoms with Crippen molar-refractivity contribution in [2.24, 2.45) is 0 Å². The number of rotatable bonds is 4. The Morgan fingerprint density at radius 3 is 2.86 bits per heavy atom. The zero-order valence-corrected chi connectivity index (χ0v) is 12.5. The molecule has 1 unspecified atom stereocenters. The number of benzene rings is 1. The van der Waals surface area contributed by atoms with E-state index in [0.717, 1.165) is 37.2 Å². The molecule has 2 aromatic rings. The SMILES string of the molecule is O=C(CCc1ccc(F)cc1)N1CCCC(c2ccn[nH]2)C1. The number of hydrogen-bond donors (Lipinski definition) is 1. The molecule has 0 radical (unpaired) electrons. The van der Waals surface area contributed by atoms with Crippen LogP contribution in [0.4, 0.5) is 4.39 Å². The maximum atomic E-state index is 12.9. The van der Waals surface area contributed by atoms with Gasteiger partial charge in [-0.3, -0.25) is 9.89 Å². The zero-order valence-electron chi connectivity index (χ0n) is 12.5. The fourth-order valence-corrected chi connectivity index (χ4v) is 3.01. The number of nitrogens with zero attached hydrogens (tertiary/aromatic N) is 2. The van der Waals surface area contributed by atoms with Gasteiger partial charge < -0.3 is 4.90 Å². The van der Waals surface area contributed by atoms with Crippen LogP contribution in [0.5, 0.6) is 0 Å². The Labute approximate surface area is 129 Å². The number of likely N-dealkylation sites (tertiary alicyclic amines) is 1. The molecule has 0 bridgehead atoms. The van der Waals surface area contributed by atoms with Crippen LogP contribution in [0.1, 0.15) is 36.4 Å². The Bertz CT molecular complexity index is 609. The van der Waals surface area contributed by atoms with Crippen LogP contribution < -0.4 is 0 Å². The van der Waals surface area contributed by atoms with Gasteiger partial charge >= 0.3 is 0 Å². The van der Waals surface area contributed by atoms with Gasteiger partial charge in [0.15, 0.2) is 0 Å². The summed E-state index contributed by atoms with van der Waals surface area (Å²) in [5.74, 6) is 0.285. The Balaban J connectivity index is 1.54. The standard InChI is InChI=1S/C17H20FN3O/c18-15-6-3-13(4-7-15)5-8-17(22)21-11-1-2-14(12-21)16-9-10-19-20-16/h3-4,6-7,9-10,14H,1-2,5,8,11-12H2,(H,19,20). The van der Waals surface area contributed by atoms with Crippen LogP contribution in [-0.4, -0.2) is 34.1 Å². The molecule has 1 aromatic carbocycles. The molecule has 1 saturated heterocycles. The Morgan fingerprint density at radius 1 is 1.32 bits per heavy atom. The number of carbonyl (C=O) groups is 1. The highest BCUT2D eigenvalue weighted by Crippen LogP contribution is 2.25. The van der Waals surface area contributed by atoms with Crippen LogP contribution in [0.15, 0.2) is 36.5 Å². The van der Waals surface area contributed by atoms with Crippen molar-refractivity contribution in [3.8, 4) is 0 Å². The third-order valence-corrected chi connectivity index (χ3v) is 4.28. The van der Waals surface area contributed by atoms with Crippen LogP contribution in [0.3, 0.4) is 0 Å². The van der Waals surface area contributed by atoms with Crippen molar-refractivity contribution < 1.29 is 9.18 Å². The predicted octanol–water partition coefficient (Wildman–Crippen LogP) is 2.89. The summed E-state index contributed by atoms with van der Waals surface area (Å²) in [5.41, 5.74) is 2.10. The van der Waals surface area contributed by atoms with Gasteiger partial charge in [-0.25, -0.2) is 4.39 Å². The number of nitrogens with one attached hydrogen (secondary N) is 1. The molecule has 116 valence electrons. The van der Waals surface area contributed by atoms with Gasteiger partial charge in [0.05, 0.1) is 0 Å². The zero-order chi connectivity index (χ0) is 15.4. The average molecular weight is 301 g/mol. The molecule has 1 aliphatic heterocycles. The molecule has 1 N–H and O–H groups in total. The quantitative estimate of drug-likeness (QED) is 0.944. The van der Waals surface area contributed by atoms with Gasteiger partial charge in [0.2, 0.25) is 5.91 Å². The van der Waals surface area contributed by atoms with Crippen LogP contribution in [0, 0.1) is 5.82 Å². The van der Waals surface area contributed by atoms with E-state index >= 15 is 0 Å². The summed E-state index contributed by atoms with van der Waals surface area (Å²) in [6, 6.07) is 8.35. The normalized spacial score (nSPS) is 18.4. The summed E-state index contributed by atoms with van der Waals surface area (Å²) in [4.78, 5) is 14.3. The number of aromatic nitrogens is 2. The topological polar surface area (TPSA) is 49.0 Å². The summed E-state index contributed by atoms with van der Waals surface area (Å²) < 4.78 is 12.9. The highest BCUT2D eigenvalue weighted by molar-refractivity contribution is 5.76. The van der Waals surface area contributed by atoms with E-state index < -0.39 is 0 Å². The second-order valence-electron chi connectivity index (χ2n) is 5.82. The largest absolute Gasteiger partial charge is 0.342 e. The molecule has 5 heteroatoms. The highest BCUT2D eigenvalue weighted by Gasteiger charge is 2.25. The lowest BCUT2D eigenvalue weighted by molar-refractivity contribution is -0.132. The third-order valence-electron chi connectivity index (χ3n) is 4.28. The van der Waals surface area contributed by atoms with Gasteiger partial charge in [-0.15, -0.1) is 0 Å². The molecule has 2 heterocycles. The molecular formula is C17H20FN3O. The van der Waals surface area contributed by atoms with Crippen LogP contribution in [-0.2, 0) is 11.2 Å². The van der Waals surface area contributed by atoms with Gasteiger partial charge in [0.1, 0.15) is 5.82 Å². The minimum atomic E-state index is -0.242. The van der Waals surface area contributed by atoms with E-state index in [1.165, 1.54) is 12.1 Å². The second kappa shape index (κ2) is 6.73. The predicted molar refractivity (Wildman–Crippen MR) is 81.9 cm³/mol. The van der Waals surface area contributed by atoms with E-state index in [-0.39, 0.29) is 11.7 Å². The molecular weight excluding hydrogens is 281 g/mol. The Kier molecular flexibility index (Phi) is 4.51. The molecule has 1 fully saturated rings. The maximum Gasteiger partial charge on any atom is 0.222 e. The van der Waals surface area contributed by atoms with Gasteiger partial charge in [0, 0.05) is 37.3 Å². The first-order valence-corrected chi connectivity index (χ1v) is 7.74. The second-order valence-corrected chi connectivity index (χ2v) is 5.82. The van der Waals surface area contributed by atoms with E-state index in [4.69, 9.17) is 0 Å². The van der Waals surface area contributed by atoms with Crippen LogP contribution in [0.25, 0.3) is 0 Å². The van der Waals surface area contributed by atoms with Crippen LogP contribution in [0.2, 0.25) is 0 Å². The monoisotopic (exact) mass is 301 g/mol. The summed E-state index contributed by atoms with van der Waals surface area (Å²) in [6.07, 6.45) is 4.99. The van der Waals surface area contributed by atoms with Crippen molar-refractivity contribution >= 4 is 5.91 Å². The molecule has 1 amide bonds. The average Bonchev–Trinajstić information content (AvgIpc) is 3.09. The molecule has 0 spiro atoms. The first-order chi connectivity index (χ1) is 10.7. The van der Waals surface area contributed by atoms with Crippen LogP contribution >= 0.6 is 0 Å². The lowest BCUT2D eigenvalue weighted by Crippen LogP contribution is -2.39. The first kappa shape index (κ1) is 14.8. The number of carbonyl (C=O) groups excluding carboxylic acids is 1. The highest BCUT2D eigenvalue weighted by atomic mass is 19.1. The van der Waals surface area contributed by atoms with Gasteiger partial charge in [0.25, 0.3) is 0 Å². The van der Waals surface area contributed by atoms with E-state index in [9.17, 15) is 9.18 Å². The molecule has 0 aliphatic carbocycles. The van der Waals surface area contributed by atoms with Crippen molar-refractivity contribution in [2.75, 3.05) is 13.1 Å². The minimum Gasteiger partial charge on any atom is -0.342 e. The lowest BCUT2D eigenvalue weighted by atomic mass is 9.94. The summed E-state index contributed by atoms with van der Waals surface area (Å²) in [6.45, 7) is 1.58. The molecule has 4 nitrogen and oxygen atoms in total. The van der Waals surface area contributed by atoms with Crippen molar-refractivity contribution in [3.63, 3.8) is 0 Å². The minimum absolute atomic E-state index is 0.175. The molecule has 1 atom stereocenters. The molecule has 1 aromatic heterocycles. The number of halogens is 1. The molecule has 22 heavy (non-hydrogen) atoms. The van der Waals surface area contributed by atoms with E-state index in [2.05, 4.69) is 10.2 Å². The smallest absolute Gasteiger partial charge is 0.222 e. The third kappa shape index (κ3) is 3.53. The van der Waals surface area contributed by atoms with Gasteiger partial charge in [-0.1, -0.05) is 12.1 Å². The fourth-order valence-electron chi connectivity index (χ4n) is 3.01. The molecule has 1 aliphatic rings. The van der Waals surface area contributed by atoms with Crippen molar-refractivity contribution in [3.05, 3.63) is 53.6 Å². The number of piperidine rings is 1. The fraction of sp³-hybridized carbons (Fsp3) is 0.412. The first-order valence-electron chi connectivity index (χ1n) is 7.74. The number of hydrogen-bond acceptors (Lipinski definition) is 2. The van der Waals surface area contributed by atoms with Crippen molar-refractivity contribution in [1.82, 2.24) is 15.1 Å². The van der Waals surface area contributed by atoms with Gasteiger partial charge in [-0.2, -0.15) is 5.10 Å². The lowest BCUT2D eigenvalue weighted by Gasteiger charge is -2.32. The number of amides is 1. The van der Waals surface area contributed by atoms with E-state index in [0.29, 0.717) is 18.8 Å². The Hall–Kier alpha value is -2.17. The van der Waals surface area contributed by atoms with E-state index in [1.807, 2.05) is 11.0 Å². The van der Waals surface area contributed by atoms with Crippen molar-refractivity contribution in [2.45, 2.75) is 31.6 Å².